The van der Waals surface area contributed by atoms with E-state index in [-0.39, 0.29) is 16.9 Å². The van der Waals surface area contributed by atoms with Gasteiger partial charge in [-0.25, -0.2) is 9.97 Å². The fourth-order valence-electron chi connectivity index (χ4n) is 4.05. The molecule has 0 atom stereocenters. The highest BCUT2D eigenvalue weighted by Crippen LogP contribution is 2.34. The summed E-state index contributed by atoms with van der Waals surface area (Å²) >= 11 is 0. The molecule has 1 saturated carbocycles. The lowest BCUT2D eigenvalue weighted by molar-refractivity contribution is -0.0745. The van der Waals surface area contributed by atoms with E-state index in [0.717, 1.165) is 39.0 Å². The van der Waals surface area contributed by atoms with Crippen molar-refractivity contribution < 1.29 is 18.9 Å². The van der Waals surface area contributed by atoms with E-state index in [1.165, 1.54) is 0 Å². The number of likely N-dealkylation sites (tertiary alicyclic amines) is 1. The molecule has 0 bridgehead atoms. The summed E-state index contributed by atoms with van der Waals surface area (Å²) in [6.07, 6.45) is 8.84. The Morgan fingerprint density at radius 1 is 0.884 bits per heavy atom. The van der Waals surface area contributed by atoms with Gasteiger partial charge >= 0.3 is 0 Å². The Kier molecular flexibility index (Phi) is 33.5. The topological polar surface area (TPSA) is 65.9 Å². The summed E-state index contributed by atoms with van der Waals surface area (Å²) in [5.41, 5.74) is -0.0867. The monoisotopic (exact) mass is 610 g/mol. The van der Waals surface area contributed by atoms with Gasteiger partial charge in [-0.2, -0.15) is 0 Å². The molecule has 1 saturated heterocycles. The summed E-state index contributed by atoms with van der Waals surface area (Å²) in [4.78, 5) is 11.0. The lowest BCUT2D eigenvalue weighted by Gasteiger charge is -2.39. The van der Waals surface area contributed by atoms with Gasteiger partial charge < -0.3 is 23.8 Å². The molecule has 2 heterocycles. The molecule has 2 fully saturated rings. The van der Waals surface area contributed by atoms with Crippen molar-refractivity contribution in [3.8, 4) is 17.6 Å². The molecule has 1 aromatic heterocycles. The Labute approximate surface area is 268 Å². The number of ether oxygens (including phenoxy) is 4. The molecule has 1 aromatic rings. The van der Waals surface area contributed by atoms with Crippen LogP contribution in [0.5, 0.6) is 5.75 Å². The molecule has 7 heteroatoms. The summed E-state index contributed by atoms with van der Waals surface area (Å²) in [7, 11) is 7.11. The number of methoxy groups -OCH3 is 2. The summed E-state index contributed by atoms with van der Waals surface area (Å²) in [6, 6.07) is 0. The maximum atomic E-state index is 6.06. The third-order valence-corrected chi connectivity index (χ3v) is 5.49. The van der Waals surface area contributed by atoms with Crippen molar-refractivity contribution in [2.24, 2.45) is 10.8 Å². The van der Waals surface area contributed by atoms with Crippen LogP contribution in [0.15, 0.2) is 25.0 Å². The van der Waals surface area contributed by atoms with Crippen LogP contribution in [0.3, 0.4) is 0 Å². The van der Waals surface area contributed by atoms with Crippen molar-refractivity contribution in [2.75, 3.05) is 48.1 Å². The number of aromatic nitrogens is 2. The van der Waals surface area contributed by atoms with Gasteiger partial charge in [-0.05, 0) is 45.6 Å². The van der Waals surface area contributed by atoms with Crippen LogP contribution in [0.25, 0.3) is 0 Å². The lowest BCUT2D eigenvalue weighted by Crippen LogP contribution is -2.50. The zero-order valence-electron chi connectivity index (χ0n) is 31.4. The van der Waals surface area contributed by atoms with Crippen LogP contribution < -0.4 is 4.74 Å². The predicted molar refractivity (Wildman–Crippen MR) is 187 cm³/mol. The van der Waals surface area contributed by atoms with E-state index in [4.69, 9.17) is 14.2 Å². The van der Waals surface area contributed by atoms with E-state index >= 15 is 0 Å². The Morgan fingerprint density at radius 2 is 1.33 bits per heavy atom. The second-order valence-electron chi connectivity index (χ2n) is 10.8. The van der Waals surface area contributed by atoms with Crippen molar-refractivity contribution in [3.63, 3.8) is 0 Å². The molecule has 0 radical (unpaired) electrons. The van der Waals surface area contributed by atoms with Crippen molar-refractivity contribution in [1.29, 1.82) is 0 Å². The van der Waals surface area contributed by atoms with Crippen molar-refractivity contribution in [2.45, 2.75) is 128 Å². The minimum Gasteiger partial charge on any atom is -0.487 e. The Morgan fingerprint density at radius 3 is 1.72 bits per heavy atom. The Bertz CT molecular complexity index is 789. The highest BCUT2D eigenvalue weighted by atomic mass is 16.5. The van der Waals surface area contributed by atoms with E-state index in [2.05, 4.69) is 72.8 Å². The van der Waals surface area contributed by atoms with Crippen LogP contribution in [0, 0.1) is 22.7 Å². The number of hydrogen-bond donors (Lipinski definition) is 0. The van der Waals surface area contributed by atoms with Gasteiger partial charge in [-0.1, -0.05) is 81.2 Å². The van der Waals surface area contributed by atoms with Crippen LogP contribution in [0.2, 0.25) is 0 Å². The fourth-order valence-corrected chi connectivity index (χ4v) is 4.05. The van der Waals surface area contributed by atoms with Gasteiger partial charge in [0, 0.05) is 52.7 Å². The van der Waals surface area contributed by atoms with Gasteiger partial charge in [-0.3, -0.25) is 0 Å². The summed E-state index contributed by atoms with van der Waals surface area (Å²) in [5, 5.41) is 0. The maximum absolute atomic E-state index is 6.06. The fraction of sp³-hybridized carbons (Fsp3) is 0.778. The van der Waals surface area contributed by atoms with E-state index in [1.54, 1.807) is 39.8 Å². The third-order valence-electron chi connectivity index (χ3n) is 5.49. The van der Waals surface area contributed by atoms with E-state index in [9.17, 15) is 0 Å². The van der Waals surface area contributed by atoms with Gasteiger partial charge in [0.2, 0.25) is 5.82 Å². The second-order valence-corrected chi connectivity index (χ2v) is 10.8. The molecular formula is C36H71N3O4. The van der Waals surface area contributed by atoms with E-state index < -0.39 is 0 Å². The molecule has 0 N–H and O–H groups in total. The highest BCUT2D eigenvalue weighted by molar-refractivity contribution is 5.26. The maximum Gasteiger partial charge on any atom is 0.205 e. The molecule has 254 valence electrons. The van der Waals surface area contributed by atoms with Gasteiger partial charge in [-0.15, -0.1) is 6.58 Å². The zero-order valence-corrected chi connectivity index (χ0v) is 31.4. The standard InChI is InChI=1S/C23H35N3O3.C3H6.C2H6O.4C2H6/c1-22(2,15-23(3,4)16-28-20-13-26(5)14-20)8-7-21-24-11-19(12-25-21)29-18-9-17(10-18)27-6;2*1-3-2;4*1-2/h11-12,17-18,20H,9-10,13-16H2,1-6H3;3H,1H2,2H3;1-2H3;4*1-2H3. The molecule has 0 spiro atoms. The van der Waals surface area contributed by atoms with Crippen molar-refractivity contribution >= 4 is 0 Å². The number of likely N-dealkylation sites (N-methyl/N-ethyl adjacent to an activating group) is 1. The molecule has 2 aliphatic rings. The van der Waals surface area contributed by atoms with Crippen LogP contribution in [0.4, 0.5) is 0 Å². The summed E-state index contributed by atoms with van der Waals surface area (Å²) in [6.45, 7) is 32.9. The van der Waals surface area contributed by atoms with Gasteiger partial charge in [0.1, 0.15) is 6.10 Å². The molecule has 7 nitrogen and oxygen atoms in total. The number of nitrogens with zero attached hydrogens (tertiary/aromatic N) is 3. The van der Waals surface area contributed by atoms with Crippen LogP contribution in [0.1, 0.15) is 115 Å². The first-order valence-corrected chi connectivity index (χ1v) is 16.3. The minimum absolute atomic E-state index is 0.0632. The first kappa shape index (κ1) is 47.9. The number of rotatable bonds is 8. The first-order valence-electron chi connectivity index (χ1n) is 16.3. The normalized spacial score (nSPS) is 16.8. The van der Waals surface area contributed by atoms with Gasteiger partial charge in [0.05, 0.1) is 31.2 Å². The number of allylic oxidation sites excluding steroid dienone is 1. The lowest BCUT2D eigenvalue weighted by atomic mass is 9.76. The molecular weight excluding hydrogens is 538 g/mol. The predicted octanol–water partition coefficient (Wildman–Crippen LogP) is 8.72. The number of hydrogen-bond acceptors (Lipinski definition) is 7. The van der Waals surface area contributed by atoms with E-state index in [0.29, 0.717) is 23.8 Å². The van der Waals surface area contributed by atoms with Crippen molar-refractivity contribution in [3.05, 3.63) is 30.9 Å². The van der Waals surface area contributed by atoms with Crippen LogP contribution in [-0.2, 0) is 14.2 Å². The largest absolute Gasteiger partial charge is 0.487 e. The highest BCUT2D eigenvalue weighted by Gasteiger charge is 2.32. The van der Waals surface area contributed by atoms with Gasteiger partial charge in [0.25, 0.3) is 0 Å². The summed E-state index contributed by atoms with van der Waals surface area (Å²) in [5.74, 6) is 7.70. The molecule has 0 amide bonds. The summed E-state index contributed by atoms with van der Waals surface area (Å²) < 4.78 is 21.4. The molecule has 3 rings (SSSR count). The third kappa shape index (κ3) is 25.1. The first-order chi connectivity index (χ1) is 20.5. The van der Waals surface area contributed by atoms with Gasteiger partial charge in [0.15, 0.2) is 5.75 Å². The average molecular weight is 610 g/mol. The quantitative estimate of drug-likeness (QED) is 0.216. The SMILES string of the molecule is C=CC.CC.CC.CC.CC.COC.COC1CC(Oc2cnc(C#CC(C)(C)CC(C)(C)COC3CN(C)C3)nc2)C1. The Hall–Kier alpha value is -1.98. The van der Waals surface area contributed by atoms with Crippen LogP contribution >= 0.6 is 0 Å². The van der Waals surface area contributed by atoms with Crippen molar-refractivity contribution in [1.82, 2.24) is 14.9 Å². The zero-order chi connectivity index (χ0) is 34.5. The average Bonchev–Trinajstić information content (AvgIpc) is 2.96. The molecule has 0 aromatic carbocycles. The molecule has 1 aliphatic carbocycles. The Balaban J connectivity index is -0.000000470. The minimum atomic E-state index is -0.150. The molecule has 1 aliphatic heterocycles. The molecule has 43 heavy (non-hydrogen) atoms. The smallest absolute Gasteiger partial charge is 0.205 e. The van der Waals surface area contributed by atoms with Crippen LogP contribution in [-0.4, -0.2) is 81.3 Å². The molecule has 0 unspecified atom stereocenters. The second kappa shape index (κ2) is 30.1. The van der Waals surface area contributed by atoms with E-state index in [1.807, 2.05) is 62.3 Å².